The van der Waals surface area contributed by atoms with Gasteiger partial charge in [-0.25, -0.2) is 4.98 Å². The minimum Gasteiger partial charge on any atom is -0.379 e. The van der Waals surface area contributed by atoms with Crippen molar-refractivity contribution in [1.82, 2.24) is 9.97 Å². The molecule has 0 aliphatic rings. The van der Waals surface area contributed by atoms with Crippen LogP contribution >= 0.6 is 22.7 Å². The first kappa shape index (κ1) is 15.4. The minimum absolute atomic E-state index is 0.0587. The SMILES string of the molecule is COCC[NH2+][C@H](C)c1nc2scc(-c3cccs3)c2c(=O)[nH]1. The van der Waals surface area contributed by atoms with Gasteiger partial charge in [-0.2, -0.15) is 0 Å². The second kappa shape index (κ2) is 6.70. The fourth-order valence-corrected chi connectivity index (χ4v) is 4.11. The highest BCUT2D eigenvalue weighted by Gasteiger charge is 2.17. The number of hydrogen-bond acceptors (Lipinski definition) is 5. The number of ether oxygens (including phenoxy) is 1. The van der Waals surface area contributed by atoms with Crippen LogP contribution in [0.5, 0.6) is 0 Å². The molecule has 1 atom stereocenters. The van der Waals surface area contributed by atoms with E-state index in [1.54, 1.807) is 18.4 Å². The van der Waals surface area contributed by atoms with E-state index < -0.39 is 0 Å². The number of nitrogens with one attached hydrogen (secondary N) is 1. The van der Waals surface area contributed by atoms with Gasteiger partial charge in [0.05, 0.1) is 18.5 Å². The van der Waals surface area contributed by atoms with Crippen molar-refractivity contribution in [2.45, 2.75) is 13.0 Å². The number of nitrogens with two attached hydrogens (primary N) is 1. The van der Waals surface area contributed by atoms with Crippen LogP contribution in [-0.4, -0.2) is 30.2 Å². The Morgan fingerprint density at radius 2 is 2.32 bits per heavy atom. The fourth-order valence-electron chi connectivity index (χ4n) is 2.34. The van der Waals surface area contributed by atoms with E-state index in [4.69, 9.17) is 4.74 Å². The molecule has 0 saturated heterocycles. The predicted molar refractivity (Wildman–Crippen MR) is 90.6 cm³/mol. The third-order valence-corrected chi connectivity index (χ3v) is 5.30. The van der Waals surface area contributed by atoms with Gasteiger partial charge in [0.2, 0.25) is 0 Å². The number of methoxy groups -OCH3 is 1. The number of hydrogen-bond donors (Lipinski definition) is 2. The number of H-pyrrole nitrogens is 1. The summed E-state index contributed by atoms with van der Waals surface area (Å²) in [6, 6.07) is 4.12. The lowest BCUT2D eigenvalue weighted by molar-refractivity contribution is -0.694. The molecule has 0 unspecified atom stereocenters. The van der Waals surface area contributed by atoms with Gasteiger partial charge in [0.1, 0.15) is 10.9 Å². The molecule has 0 aliphatic carbocycles. The Hall–Kier alpha value is -1.54. The summed E-state index contributed by atoms with van der Waals surface area (Å²) in [6.45, 7) is 3.55. The van der Waals surface area contributed by atoms with Crippen LogP contribution in [0.4, 0.5) is 0 Å². The van der Waals surface area contributed by atoms with Crippen molar-refractivity contribution in [3.05, 3.63) is 39.1 Å². The summed E-state index contributed by atoms with van der Waals surface area (Å²) >= 11 is 3.16. The molecule has 0 radical (unpaired) electrons. The summed E-state index contributed by atoms with van der Waals surface area (Å²) < 4.78 is 5.05. The summed E-state index contributed by atoms with van der Waals surface area (Å²) in [5, 5.41) is 6.84. The van der Waals surface area contributed by atoms with Crippen LogP contribution in [0.3, 0.4) is 0 Å². The van der Waals surface area contributed by atoms with Crippen LogP contribution in [0.15, 0.2) is 27.7 Å². The highest BCUT2D eigenvalue weighted by atomic mass is 32.1. The summed E-state index contributed by atoms with van der Waals surface area (Å²) in [7, 11) is 1.68. The molecular weight excluding hydrogens is 318 g/mol. The van der Waals surface area contributed by atoms with Crippen molar-refractivity contribution >= 4 is 32.9 Å². The number of fused-ring (bicyclic) bond motifs is 1. The molecule has 7 heteroatoms. The van der Waals surface area contributed by atoms with Gasteiger partial charge in [-0.3, -0.25) is 4.79 Å². The molecule has 0 saturated carbocycles. The minimum atomic E-state index is -0.0587. The highest BCUT2D eigenvalue weighted by molar-refractivity contribution is 7.18. The largest absolute Gasteiger partial charge is 0.379 e. The summed E-state index contributed by atoms with van der Waals surface area (Å²) in [5.74, 6) is 0.716. The smallest absolute Gasteiger partial charge is 0.260 e. The van der Waals surface area contributed by atoms with Crippen LogP contribution in [0.25, 0.3) is 20.7 Å². The van der Waals surface area contributed by atoms with Crippen LogP contribution in [-0.2, 0) is 4.74 Å². The quantitative estimate of drug-likeness (QED) is 0.676. The maximum absolute atomic E-state index is 12.5. The van der Waals surface area contributed by atoms with Crippen LogP contribution in [0, 0.1) is 0 Å². The average molecular weight is 336 g/mol. The predicted octanol–water partition coefficient (Wildman–Crippen LogP) is 1.98. The Bertz CT molecular complexity index is 808. The van der Waals surface area contributed by atoms with Crippen molar-refractivity contribution in [2.24, 2.45) is 0 Å². The van der Waals surface area contributed by atoms with E-state index in [9.17, 15) is 4.79 Å². The zero-order valence-corrected chi connectivity index (χ0v) is 14.1. The lowest BCUT2D eigenvalue weighted by Gasteiger charge is -2.09. The second-order valence-electron chi connectivity index (χ2n) is 5.06. The van der Waals surface area contributed by atoms with Gasteiger partial charge < -0.3 is 15.0 Å². The van der Waals surface area contributed by atoms with Crippen molar-refractivity contribution in [1.29, 1.82) is 0 Å². The maximum Gasteiger partial charge on any atom is 0.260 e. The van der Waals surface area contributed by atoms with Crippen molar-refractivity contribution in [3.63, 3.8) is 0 Å². The van der Waals surface area contributed by atoms with Gasteiger partial charge in [-0.05, 0) is 18.4 Å². The van der Waals surface area contributed by atoms with Crippen LogP contribution < -0.4 is 10.9 Å². The molecular formula is C15H18N3O2S2+. The molecule has 3 heterocycles. The van der Waals surface area contributed by atoms with Crippen molar-refractivity contribution in [2.75, 3.05) is 20.3 Å². The van der Waals surface area contributed by atoms with Crippen LogP contribution in [0.1, 0.15) is 18.8 Å². The molecule has 116 valence electrons. The van der Waals surface area contributed by atoms with Gasteiger partial charge in [0.25, 0.3) is 5.56 Å². The van der Waals surface area contributed by atoms with E-state index in [-0.39, 0.29) is 11.6 Å². The summed E-state index contributed by atoms with van der Waals surface area (Å²) in [6.07, 6.45) is 0. The van der Waals surface area contributed by atoms with E-state index in [1.165, 1.54) is 11.3 Å². The molecule has 5 nitrogen and oxygen atoms in total. The molecule has 0 spiro atoms. The van der Waals surface area contributed by atoms with E-state index in [1.807, 2.05) is 29.8 Å². The Morgan fingerprint density at radius 1 is 1.45 bits per heavy atom. The summed E-state index contributed by atoms with van der Waals surface area (Å²) in [4.78, 5) is 22.0. The number of rotatable bonds is 6. The van der Waals surface area contributed by atoms with E-state index in [2.05, 4.69) is 15.3 Å². The molecule has 3 aromatic rings. The third kappa shape index (κ3) is 2.98. The van der Waals surface area contributed by atoms with Crippen molar-refractivity contribution < 1.29 is 10.1 Å². The Kier molecular flexibility index (Phi) is 4.68. The van der Waals surface area contributed by atoms with E-state index in [0.29, 0.717) is 17.8 Å². The topological polar surface area (TPSA) is 71.6 Å². The van der Waals surface area contributed by atoms with Crippen molar-refractivity contribution in [3.8, 4) is 10.4 Å². The average Bonchev–Trinajstić information content (AvgIpc) is 3.16. The first-order valence-corrected chi connectivity index (χ1v) is 8.84. The molecule has 3 N–H and O–H groups in total. The third-order valence-electron chi connectivity index (χ3n) is 3.52. The molecule has 0 aliphatic heterocycles. The standard InChI is InChI=1S/C15H17N3O2S2/c1-9(16-5-6-20-2)13-17-14(19)12-10(8-22-15(12)18-13)11-4-3-7-21-11/h3-4,7-9,16H,5-6H2,1-2H3,(H,17,18,19)/p+1/t9-/m1/s1. The number of thiophene rings is 2. The molecule has 0 bridgehead atoms. The number of quaternary nitrogens is 1. The molecule has 22 heavy (non-hydrogen) atoms. The maximum atomic E-state index is 12.5. The second-order valence-corrected chi connectivity index (χ2v) is 6.87. The first-order chi connectivity index (χ1) is 10.7. The molecule has 3 aromatic heterocycles. The Labute approximate surface area is 136 Å². The van der Waals surface area contributed by atoms with Gasteiger partial charge in [-0.15, -0.1) is 22.7 Å². The van der Waals surface area contributed by atoms with Gasteiger partial charge in [-0.1, -0.05) is 6.07 Å². The lowest BCUT2D eigenvalue weighted by Crippen LogP contribution is -2.85. The van der Waals surface area contributed by atoms with Gasteiger partial charge in [0.15, 0.2) is 5.82 Å². The fraction of sp³-hybridized carbons (Fsp3) is 0.333. The molecule has 3 rings (SSSR count). The molecule has 0 aromatic carbocycles. The highest BCUT2D eigenvalue weighted by Crippen LogP contribution is 2.33. The van der Waals surface area contributed by atoms with Gasteiger partial charge in [0, 0.05) is 22.9 Å². The number of aromatic nitrogens is 2. The Morgan fingerprint density at radius 3 is 3.05 bits per heavy atom. The summed E-state index contributed by atoms with van der Waals surface area (Å²) in [5.41, 5.74) is 0.919. The monoisotopic (exact) mass is 336 g/mol. The molecule has 0 fully saturated rings. The zero-order valence-electron chi connectivity index (χ0n) is 12.5. The van der Waals surface area contributed by atoms with Gasteiger partial charge >= 0.3 is 0 Å². The Balaban J connectivity index is 1.95. The van der Waals surface area contributed by atoms with Crippen LogP contribution in [0.2, 0.25) is 0 Å². The first-order valence-electron chi connectivity index (χ1n) is 7.08. The zero-order chi connectivity index (χ0) is 15.5. The van der Waals surface area contributed by atoms with E-state index in [0.717, 1.165) is 21.8 Å². The number of nitrogens with zero attached hydrogens (tertiary/aromatic N) is 1. The lowest BCUT2D eigenvalue weighted by atomic mass is 10.2. The van der Waals surface area contributed by atoms with E-state index >= 15 is 0 Å². The molecule has 0 amide bonds. The number of aromatic amines is 1. The normalized spacial score (nSPS) is 12.8.